The molecule has 14 heavy (non-hydrogen) atoms. The minimum atomic E-state index is 0.139. The van der Waals surface area contributed by atoms with Gasteiger partial charge in [-0.25, -0.2) is 0 Å². The Balaban J connectivity index is 4.17. The molecule has 2 N–H and O–H groups in total. The van der Waals surface area contributed by atoms with Crippen molar-refractivity contribution in [3.05, 3.63) is 0 Å². The molecule has 0 radical (unpaired) electrons. The first-order valence-corrected chi connectivity index (χ1v) is 5.68. The molecular formula is C12H28N2. The zero-order chi connectivity index (χ0) is 11.4. The summed E-state index contributed by atoms with van der Waals surface area (Å²) >= 11 is 0. The predicted molar refractivity (Wildman–Crippen MR) is 64.5 cm³/mol. The quantitative estimate of drug-likeness (QED) is 0.739. The average molecular weight is 200 g/mol. The summed E-state index contributed by atoms with van der Waals surface area (Å²) in [5.41, 5.74) is 6.33. The summed E-state index contributed by atoms with van der Waals surface area (Å²) in [4.78, 5) is 2.47. The number of nitrogens with zero attached hydrogens (tertiary/aromatic N) is 1. The monoisotopic (exact) mass is 200 g/mol. The van der Waals surface area contributed by atoms with Crippen LogP contribution in [0.1, 0.15) is 48.0 Å². The molecule has 0 aromatic carbocycles. The fourth-order valence-electron chi connectivity index (χ4n) is 1.49. The van der Waals surface area contributed by atoms with E-state index in [-0.39, 0.29) is 5.54 Å². The maximum absolute atomic E-state index is 5.78. The van der Waals surface area contributed by atoms with Crippen LogP contribution in [0.4, 0.5) is 0 Å². The van der Waals surface area contributed by atoms with E-state index in [0.29, 0.717) is 5.41 Å². The minimum absolute atomic E-state index is 0.139. The van der Waals surface area contributed by atoms with Gasteiger partial charge >= 0.3 is 0 Å². The van der Waals surface area contributed by atoms with Crippen LogP contribution < -0.4 is 5.73 Å². The zero-order valence-electron chi connectivity index (χ0n) is 10.9. The predicted octanol–water partition coefficient (Wildman–Crippen LogP) is 2.48. The van der Waals surface area contributed by atoms with Crippen molar-refractivity contribution in [2.24, 2.45) is 11.1 Å². The first-order valence-electron chi connectivity index (χ1n) is 5.68. The molecule has 0 rings (SSSR count). The van der Waals surface area contributed by atoms with Crippen molar-refractivity contribution in [2.75, 3.05) is 19.6 Å². The number of rotatable bonds is 5. The van der Waals surface area contributed by atoms with Crippen LogP contribution in [0.5, 0.6) is 0 Å². The number of hydrogen-bond acceptors (Lipinski definition) is 2. The Morgan fingerprint density at radius 3 is 1.86 bits per heavy atom. The average Bonchev–Trinajstić information content (AvgIpc) is 2.03. The van der Waals surface area contributed by atoms with Gasteiger partial charge in [-0.1, -0.05) is 27.7 Å². The largest absolute Gasteiger partial charge is 0.329 e. The summed E-state index contributed by atoms with van der Waals surface area (Å²) < 4.78 is 0. The molecule has 0 saturated heterocycles. The van der Waals surface area contributed by atoms with Crippen LogP contribution >= 0.6 is 0 Å². The summed E-state index contributed by atoms with van der Waals surface area (Å²) in [7, 11) is 0. The van der Waals surface area contributed by atoms with Gasteiger partial charge in [-0.15, -0.1) is 0 Å². The lowest BCUT2D eigenvalue weighted by atomic mass is 9.91. The summed E-state index contributed by atoms with van der Waals surface area (Å²) in [5.74, 6) is 0. The van der Waals surface area contributed by atoms with E-state index in [0.717, 1.165) is 19.6 Å². The van der Waals surface area contributed by atoms with Crippen LogP contribution in [0.2, 0.25) is 0 Å². The molecule has 0 fully saturated rings. The zero-order valence-corrected chi connectivity index (χ0v) is 10.9. The topological polar surface area (TPSA) is 29.3 Å². The number of hydrogen-bond donors (Lipinski definition) is 1. The lowest BCUT2D eigenvalue weighted by Crippen LogP contribution is -2.50. The molecular weight excluding hydrogens is 172 g/mol. The number of likely N-dealkylation sites (N-methyl/N-ethyl adjacent to an activating group) is 1. The van der Waals surface area contributed by atoms with E-state index in [9.17, 15) is 0 Å². The molecule has 0 aliphatic heterocycles. The van der Waals surface area contributed by atoms with Crippen molar-refractivity contribution in [1.82, 2.24) is 4.90 Å². The van der Waals surface area contributed by atoms with Crippen LogP contribution in [-0.4, -0.2) is 30.1 Å². The lowest BCUT2D eigenvalue weighted by molar-refractivity contribution is 0.117. The van der Waals surface area contributed by atoms with Crippen molar-refractivity contribution in [2.45, 2.75) is 53.5 Å². The van der Waals surface area contributed by atoms with Crippen molar-refractivity contribution in [1.29, 1.82) is 0 Å². The molecule has 0 heterocycles. The molecule has 0 unspecified atom stereocenters. The van der Waals surface area contributed by atoms with E-state index in [1.807, 2.05) is 0 Å². The molecule has 2 heteroatoms. The van der Waals surface area contributed by atoms with E-state index in [2.05, 4.69) is 46.4 Å². The van der Waals surface area contributed by atoms with Gasteiger partial charge in [-0.05, 0) is 38.8 Å². The molecule has 86 valence electrons. The maximum Gasteiger partial charge on any atom is 0.0275 e. The van der Waals surface area contributed by atoms with Gasteiger partial charge in [0.15, 0.2) is 0 Å². The summed E-state index contributed by atoms with van der Waals surface area (Å²) in [5, 5.41) is 0. The molecule has 0 atom stereocenters. The van der Waals surface area contributed by atoms with Gasteiger partial charge in [0, 0.05) is 12.1 Å². The lowest BCUT2D eigenvalue weighted by Gasteiger charge is -2.38. The minimum Gasteiger partial charge on any atom is -0.329 e. The van der Waals surface area contributed by atoms with Gasteiger partial charge in [0.05, 0.1) is 0 Å². The maximum atomic E-state index is 5.78. The van der Waals surface area contributed by atoms with E-state index >= 15 is 0 Å². The Hall–Kier alpha value is -0.0800. The van der Waals surface area contributed by atoms with Crippen molar-refractivity contribution >= 4 is 0 Å². The van der Waals surface area contributed by atoms with Crippen LogP contribution in [0.15, 0.2) is 0 Å². The van der Waals surface area contributed by atoms with E-state index in [1.54, 1.807) is 0 Å². The second-order valence-electron chi connectivity index (χ2n) is 5.91. The highest BCUT2D eigenvalue weighted by molar-refractivity contribution is 4.82. The van der Waals surface area contributed by atoms with Crippen molar-refractivity contribution < 1.29 is 0 Å². The van der Waals surface area contributed by atoms with Crippen molar-refractivity contribution in [3.63, 3.8) is 0 Å². The van der Waals surface area contributed by atoms with Crippen molar-refractivity contribution in [3.8, 4) is 0 Å². The second-order valence-corrected chi connectivity index (χ2v) is 5.91. The third-order valence-electron chi connectivity index (χ3n) is 2.87. The third-order valence-corrected chi connectivity index (χ3v) is 2.87. The summed E-state index contributed by atoms with van der Waals surface area (Å²) in [6, 6.07) is 0. The Morgan fingerprint density at radius 2 is 1.57 bits per heavy atom. The first-order chi connectivity index (χ1) is 6.23. The molecule has 0 bridgehead atoms. The Morgan fingerprint density at radius 1 is 1.07 bits per heavy atom. The molecule has 0 aromatic heterocycles. The smallest absolute Gasteiger partial charge is 0.0275 e. The fourth-order valence-corrected chi connectivity index (χ4v) is 1.49. The Kier molecular flexibility index (Phi) is 5.10. The third kappa shape index (κ3) is 4.97. The molecule has 0 aliphatic carbocycles. The second kappa shape index (κ2) is 5.13. The molecule has 2 nitrogen and oxygen atoms in total. The SMILES string of the molecule is CCN(CCC(C)(C)C)C(C)(C)CN. The standard InChI is InChI=1S/C12H28N2/c1-7-14(12(5,6)10-13)9-8-11(2,3)4/h7-10,13H2,1-6H3. The highest BCUT2D eigenvalue weighted by Crippen LogP contribution is 2.21. The normalized spacial score (nSPS) is 13.7. The molecule has 0 aliphatic rings. The van der Waals surface area contributed by atoms with Gasteiger partial charge in [0.25, 0.3) is 0 Å². The number of nitrogens with two attached hydrogens (primary N) is 1. The highest BCUT2D eigenvalue weighted by Gasteiger charge is 2.24. The van der Waals surface area contributed by atoms with E-state index < -0.39 is 0 Å². The van der Waals surface area contributed by atoms with Gasteiger partial charge in [-0.3, -0.25) is 4.90 Å². The highest BCUT2D eigenvalue weighted by atomic mass is 15.2. The summed E-state index contributed by atoms with van der Waals surface area (Å²) in [6.45, 7) is 16.5. The van der Waals surface area contributed by atoms with Gasteiger partial charge < -0.3 is 5.73 Å². The van der Waals surface area contributed by atoms with Gasteiger partial charge in [-0.2, -0.15) is 0 Å². The Bertz CT molecular complexity index is 156. The van der Waals surface area contributed by atoms with Gasteiger partial charge in [0.2, 0.25) is 0 Å². The van der Waals surface area contributed by atoms with Gasteiger partial charge in [0.1, 0.15) is 0 Å². The van der Waals surface area contributed by atoms with Crippen LogP contribution in [-0.2, 0) is 0 Å². The van der Waals surface area contributed by atoms with E-state index in [1.165, 1.54) is 6.42 Å². The molecule has 0 spiro atoms. The molecule has 0 aromatic rings. The first kappa shape index (κ1) is 13.9. The van der Waals surface area contributed by atoms with Crippen LogP contribution in [0.3, 0.4) is 0 Å². The van der Waals surface area contributed by atoms with E-state index in [4.69, 9.17) is 5.73 Å². The fraction of sp³-hybridized carbons (Fsp3) is 1.00. The van der Waals surface area contributed by atoms with Crippen LogP contribution in [0.25, 0.3) is 0 Å². The molecule has 0 saturated carbocycles. The summed E-state index contributed by atoms with van der Waals surface area (Å²) in [6.07, 6.45) is 1.23. The molecule has 0 amide bonds. The van der Waals surface area contributed by atoms with Crippen LogP contribution in [0, 0.1) is 5.41 Å². The Labute approximate surface area is 89.9 Å².